The van der Waals surface area contributed by atoms with Gasteiger partial charge in [0, 0.05) is 0 Å². The number of esters is 1. The number of ether oxygens (including phenoxy) is 1. The topological polar surface area (TPSA) is 63.6 Å². The highest BCUT2D eigenvalue weighted by atomic mass is 16.5. The van der Waals surface area contributed by atoms with E-state index in [1.165, 1.54) is 7.11 Å². The van der Waals surface area contributed by atoms with Gasteiger partial charge in [-0.3, -0.25) is 0 Å². The number of carbonyl (C=O) groups is 2. The summed E-state index contributed by atoms with van der Waals surface area (Å²) in [6.07, 6.45) is -0.182. The van der Waals surface area contributed by atoms with Crippen LogP contribution in [0.15, 0.2) is 24.3 Å². The van der Waals surface area contributed by atoms with Gasteiger partial charge in [0.15, 0.2) is 0 Å². The lowest BCUT2D eigenvalue weighted by molar-refractivity contribution is -0.120. The summed E-state index contributed by atoms with van der Waals surface area (Å²) in [6, 6.07) is 6.35. The van der Waals surface area contributed by atoms with Crippen LogP contribution in [0.5, 0.6) is 0 Å². The van der Waals surface area contributed by atoms with Crippen molar-refractivity contribution < 1.29 is 19.4 Å². The molecule has 0 saturated carbocycles. The molecular formula is C13H16O4. The maximum atomic E-state index is 11.2. The monoisotopic (exact) mass is 236 g/mol. The Morgan fingerprint density at radius 3 is 2.29 bits per heavy atom. The van der Waals surface area contributed by atoms with Crippen LogP contribution >= 0.6 is 0 Å². The summed E-state index contributed by atoms with van der Waals surface area (Å²) in [5, 5.41) is 9.99. The van der Waals surface area contributed by atoms with Crippen LogP contribution in [-0.2, 0) is 9.53 Å². The van der Waals surface area contributed by atoms with Crippen molar-refractivity contribution in [3.05, 3.63) is 35.4 Å². The Morgan fingerprint density at radius 1 is 1.35 bits per heavy atom. The van der Waals surface area contributed by atoms with Gasteiger partial charge in [0.1, 0.15) is 6.29 Å². The molecule has 1 N–H and O–H groups in total. The van der Waals surface area contributed by atoms with E-state index in [4.69, 9.17) is 0 Å². The predicted molar refractivity (Wildman–Crippen MR) is 62.6 cm³/mol. The van der Waals surface area contributed by atoms with Crippen LogP contribution in [0.3, 0.4) is 0 Å². The molecule has 0 aliphatic heterocycles. The fourth-order valence-corrected chi connectivity index (χ4v) is 1.41. The Balaban J connectivity index is 2.95. The lowest BCUT2D eigenvalue weighted by atomic mass is 9.84. The Labute approximate surface area is 100 Å². The molecule has 4 nitrogen and oxygen atoms in total. The molecule has 0 saturated heterocycles. The van der Waals surface area contributed by atoms with Gasteiger partial charge in [0.05, 0.1) is 24.2 Å². The smallest absolute Gasteiger partial charge is 0.337 e. The molecule has 0 amide bonds. The molecule has 1 rings (SSSR count). The average molecular weight is 236 g/mol. The molecule has 0 aliphatic carbocycles. The first kappa shape index (κ1) is 13.4. The number of rotatable bonds is 4. The summed E-state index contributed by atoms with van der Waals surface area (Å²) in [6.45, 7) is 3.30. The van der Waals surface area contributed by atoms with Gasteiger partial charge in [0.25, 0.3) is 0 Å². The van der Waals surface area contributed by atoms with Crippen LogP contribution in [0.4, 0.5) is 0 Å². The molecular weight excluding hydrogens is 220 g/mol. The van der Waals surface area contributed by atoms with Crippen LogP contribution in [0.1, 0.15) is 35.9 Å². The predicted octanol–water partition coefficient (Wildman–Crippen LogP) is 1.73. The molecule has 0 spiro atoms. The van der Waals surface area contributed by atoms with Crippen molar-refractivity contribution in [3.8, 4) is 0 Å². The van der Waals surface area contributed by atoms with Crippen LogP contribution < -0.4 is 0 Å². The third-order valence-electron chi connectivity index (χ3n) is 2.66. The van der Waals surface area contributed by atoms with E-state index in [2.05, 4.69) is 4.74 Å². The Kier molecular flexibility index (Phi) is 4.02. The van der Waals surface area contributed by atoms with Gasteiger partial charge in [-0.25, -0.2) is 4.79 Å². The highest BCUT2D eigenvalue weighted by molar-refractivity contribution is 5.89. The quantitative estimate of drug-likeness (QED) is 0.638. The molecule has 1 aromatic rings. The van der Waals surface area contributed by atoms with Crippen LogP contribution in [0.2, 0.25) is 0 Å². The third-order valence-corrected chi connectivity index (χ3v) is 2.66. The van der Waals surface area contributed by atoms with Crippen molar-refractivity contribution in [2.45, 2.75) is 20.0 Å². The summed E-state index contributed by atoms with van der Waals surface area (Å²) < 4.78 is 4.57. The number of aliphatic hydroxyl groups excluding tert-OH is 1. The molecule has 1 aromatic carbocycles. The highest BCUT2D eigenvalue weighted by Gasteiger charge is 2.28. The minimum atomic E-state index is -0.897. The third kappa shape index (κ3) is 2.91. The average Bonchev–Trinajstić information content (AvgIpc) is 2.37. The number of hydrogen-bond acceptors (Lipinski definition) is 4. The van der Waals surface area contributed by atoms with Gasteiger partial charge >= 0.3 is 5.97 Å². The standard InChI is InChI=1S/C13H16O4/c1-13(2,8-14)11(15)9-4-6-10(7-5-9)12(16)17-3/h4-8,11,15H,1-3H3. The Hall–Kier alpha value is -1.68. The maximum absolute atomic E-state index is 11.2. The molecule has 0 radical (unpaired) electrons. The SMILES string of the molecule is COC(=O)c1ccc(C(O)C(C)(C)C=O)cc1. The normalized spacial score (nSPS) is 12.9. The Morgan fingerprint density at radius 2 is 1.88 bits per heavy atom. The van der Waals surface area contributed by atoms with Crippen molar-refractivity contribution in [1.82, 2.24) is 0 Å². The van der Waals surface area contributed by atoms with E-state index in [1.807, 2.05) is 0 Å². The van der Waals surface area contributed by atoms with Crippen LogP contribution in [0, 0.1) is 5.41 Å². The minimum Gasteiger partial charge on any atom is -0.465 e. The van der Waals surface area contributed by atoms with E-state index in [-0.39, 0.29) is 0 Å². The number of aldehydes is 1. The summed E-state index contributed by atoms with van der Waals surface area (Å²) in [5.74, 6) is -0.430. The molecule has 0 aliphatic rings. The van der Waals surface area contributed by atoms with Crippen molar-refractivity contribution >= 4 is 12.3 Å². The second-order valence-electron chi connectivity index (χ2n) is 4.46. The lowest BCUT2D eigenvalue weighted by Crippen LogP contribution is -2.23. The number of benzene rings is 1. The highest BCUT2D eigenvalue weighted by Crippen LogP contribution is 2.31. The zero-order valence-corrected chi connectivity index (χ0v) is 10.1. The van der Waals surface area contributed by atoms with Crippen molar-refractivity contribution in [1.29, 1.82) is 0 Å². The van der Waals surface area contributed by atoms with E-state index in [0.29, 0.717) is 17.4 Å². The number of hydrogen-bond donors (Lipinski definition) is 1. The van der Waals surface area contributed by atoms with E-state index in [1.54, 1.807) is 38.1 Å². The molecule has 1 unspecified atom stereocenters. The van der Waals surface area contributed by atoms with Gasteiger partial charge in [-0.05, 0) is 17.7 Å². The van der Waals surface area contributed by atoms with Gasteiger partial charge < -0.3 is 14.6 Å². The summed E-state index contributed by atoms with van der Waals surface area (Å²) in [5.41, 5.74) is 0.148. The molecule has 0 aromatic heterocycles. The van der Waals surface area contributed by atoms with Gasteiger partial charge in [-0.1, -0.05) is 26.0 Å². The molecule has 0 fully saturated rings. The summed E-state index contributed by atoms with van der Waals surface area (Å²) >= 11 is 0. The zero-order chi connectivity index (χ0) is 13.1. The van der Waals surface area contributed by atoms with E-state index in [0.717, 1.165) is 0 Å². The zero-order valence-electron chi connectivity index (χ0n) is 10.1. The first-order chi connectivity index (χ1) is 7.92. The molecule has 17 heavy (non-hydrogen) atoms. The van der Waals surface area contributed by atoms with Crippen molar-refractivity contribution in [2.24, 2.45) is 5.41 Å². The second-order valence-corrected chi connectivity index (χ2v) is 4.46. The maximum Gasteiger partial charge on any atom is 0.337 e. The largest absolute Gasteiger partial charge is 0.465 e. The second kappa shape index (κ2) is 5.10. The number of aliphatic hydroxyl groups is 1. The van der Waals surface area contributed by atoms with E-state index in [9.17, 15) is 14.7 Å². The van der Waals surface area contributed by atoms with Gasteiger partial charge in [0.2, 0.25) is 0 Å². The van der Waals surface area contributed by atoms with Gasteiger partial charge in [-0.15, -0.1) is 0 Å². The summed E-state index contributed by atoms with van der Waals surface area (Å²) in [4.78, 5) is 22.0. The molecule has 1 atom stereocenters. The fraction of sp³-hybridized carbons (Fsp3) is 0.385. The Bertz CT molecular complexity index is 406. The van der Waals surface area contributed by atoms with E-state index >= 15 is 0 Å². The molecule has 4 heteroatoms. The van der Waals surface area contributed by atoms with Crippen molar-refractivity contribution in [3.63, 3.8) is 0 Å². The molecule has 0 heterocycles. The minimum absolute atomic E-state index is 0.410. The van der Waals surface area contributed by atoms with E-state index < -0.39 is 17.5 Å². The summed E-state index contributed by atoms with van der Waals surface area (Å²) in [7, 11) is 1.31. The molecule has 92 valence electrons. The first-order valence-electron chi connectivity index (χ1n) is 5.25. The molecule has 0 bridgehead atoms. The van der Waals surface area contributed by atoms with Crippen molar-refractivity contribution in [2.75, 3.05) is 7.11 Å². The van der Waals surface area contributed by atoms with Gasteiger partial charge in [-0.2, -0.15) is 0 Å². The van der Waals surface area contributed by atoms with Crippen LogP contribution in [0.25, 0.3) is 0 Å². The lowest BCUT2D eigenvalue weighted by Gasteiger charge is -2.24. The number of methoxy groups -OCH3 is 1. The number of carbonyl (C=O) groups excluding carboxylic acids is 2. The fourth-order valence-electron chi connectivity index (χ4n) is 1.41. The van der Waals surface area contributed by atoms with Crippen LogP contribution in [-0.4, -0.2) is 24.5 Å². The first-order valence-corrected chi connectivity index (χ1v) is 5.25.